The van der Waals surface area contributed by atoms with Crippen molar-refractivity contribution >= 4 is 21.8 Å². The molecule has 0 N–H and O–H groups in total. The Bertz CT molecular complexity index is 2580. The van der Waals surface area contributed by atoms with E-state index >= 15 is 0 Å². The van der Waals surface area contributed by atoms with Gasteiger partial charge in [-0.05, 0) is 103 Å². The third-order valence-electron chi connectivity index (χ3n) is 9.38. The van der Waals surface area contributed by atoms with Crippen LogP contribution in [0.25, 0.3) is 61.4 Å². The second-order valence-corrected chi connectivity index (χ2v) is 12.9. The number of fused-ring (bicyclic) bond motifs is 3. The zero-order chi connectivity index (χ0) is 35.7. The van der Waals surface area contributed by atoms with Crippen LogP contribution in [0.1, 0.15) is 11.1 Å². The molecule has 0 aliphatic rings. The zero-order valence-electron chi connectivity index (χ0n) is 29.1. The van der Waals surface area contributed by atoms with E-state index in [4.69, 9.17) is 19.4 Å². The van der Waals surface area contributed by atoms with E-state index in [0.29, 0.717) is 28.9 Å². The Morgan fingerprint density at radius 3 is 1.42 bits per heavy atom. The fraction of sp³-hybridized carbons (Fsp3) is 0.0435. The number of aryl methyl sites for hydroxylation is 2. The van der Waals surface area contributed by atoms with Crippen LogP contribution in [-0.4, -0.2) is 24.5 Å². The van der Waals surface area contributed by atoms with Gasteiger partial charge in [-0.3, -0.25) is 14.5 Å². The lowest BCUT2D eigenvalue weighted by Crippen LogP contribution is -2.01. The molecule has 53 heavy (non-hydrogen) atoms. The van der Waals surface area contributed by atoms with E-state index < -0.39 is 0 Å². The van der Waals surface area contributed by atoms with Crippen molar-refractivity contribution in [1.82, 2.24) is 24.5 Å². The summed E-state index contributed by atoms with van der Waals surface area (Å²) in [7, 11) is 0. The Kier molecular flexibility index (Phi) is 8.13. The molecule has 4 aromatic heterocycles. The lowest BCUT2D eigenvalue weighted by Gasteiger charge is -2.12. The first-order chi connectivity index (χ1) is 26.1. The third-order valence-corrected chi connectivity index (χ3v) is 9.38. The summed E-state index contributed by atoms with van der Waals surface area (Å²) in [5, 5.41) is 2.08. The molecule has 0 aliphatic heterocycles. The molecule has 254 valence electrons. The zero-order valence-corrected chi connectivity index (χ0v) is 29.1. The highest BCUT2D eigenvalue weighted by Gasteiger charge is 2.18. The fourth-order valence-electron chi connectivity index (χ4n) is 6.93. The largest absolute Gasteiger partial charge is 0.457 e. The van der Waals surface area contributed by atoms with Crippen LogP contribution in [0.2, 0.25) is 0 Å². The van der Waals surface area contributed by atoms with Crippen LogP contribution in [0.15, 0.2) is 164 Å². The monoisotopic (exact) mass is 687 g/mol. The Balaban J connectivity index is 1.14. The fourth-order valence-corrected chi connectivity index (χ4v) is 6.93. The maximum absolute atomic E-state index is 6.48. The average molecular weight is 688 g/mol. The quantitative estimate of drug-likeness (QED) is 0.158. The molecule has 9 rings (SSSR count). The first-order valence-electron chi connectivity index (χ1n) is 17.4. The summed E-state index contributed by atoms with van der Waals surface area (Å²) < 4.78 is 15.0. The predicted molar refractivity (Wildman–Crippen MR) is 211 cm³/mol. The smallest absolute Gasteiger partial charge is 0.234 e. The van der Waals surface area contributed by atoms with Crippen molar-refractivity contribution in [3.63, 3.8) is 0 Å². The van der Waals surface area contributed by atoms with Crippen LogP contribution in [0.3, 0.4) is 0 Å². The number of benzene rings is 5. The van der Waals surface area contributed by atoms with Crippen LogP contribution in [0.4, 0.5) is 0 Å². The van der Waals surface area contributed by atoms with E-state index in [0.717, 1.165) is 55.4 Å². The number of aromatic nitrogens is 5. The average Bonchev–Trinajstić information content (AvgIpc) is 3.52. The highest BCUT2D eigenvalue weighted by molar-refractivity contribution is 6.09. The predicted octanol–water partition coefficient (Wildman–Crippen LogP) is 11.6. The number of nitrogens with zero attached hydrogens (tertiary/aromatic N) is 5. The molecular formula is C46H33N5O2. The first kappa shape index (κ1) is 31.8. The van der Waals surface area contributed by atoms with Gasteiger partial charge in [0.15, 0.2) is 0 Å². The van der Waals surface area contributed by atoms with Crippen LogP contribution in [0.5, 0.6) is 23.0 Å². The Morgan fingerprint density at radius 2 is 0.925 bits per heavy atom. The van der Waals surface area contributed by atoms with Crippen molar-refractivity contribution in [1.29, 1.82) is 0 Å². The van der Waals surface area contributed by atoms with E-state index in [9.17, 15) is 0 Å². The minimum atomic E-state index is 0.545. The van der Waals surface area contributed by atoms with Crippen LogP contribution >= 0.6 is 0 Å². The second kappa shape index (κ2) is 13.5. The van der Waals surface area contributed by atoms with Crippen molar-refractivity contribution in [3.05, 3.63) is 175 Å². The van der Waals surface area contributed by atoms with Crippen molar-refractivity contribution in [3.8, 4) is 62.6 Å². The molecule has 0 amide bonds. The molecule has 0 spiro atoms. The Morgan fingerprint density at radius 1 is 0.434 bits per heavy atom. The lowest BCUT2D eigenvalue weighted by atomic mass is 9.98. The van der Waals surface area contributed by atoms with Gasteiger partial charge in [0.2, 0.25) is 5.95 Å². The normalized spacial score (nSPS) is 11.2. The van der Waals surface area contributed by atoms with Crippen molar-refractivity contribution in [2.75, 3.05) is 0 Å². The summed E-state index contributed by atoms with van der Waals surface area (Å²) in [6.07, 6.45) is 7.40. The van der Waals surface area contributed by atoms with Crippen LogP contribution in [0, 0.1) is 13.8 Å². The van der Waals surface area contributed by atoms with Crippen LogP contribution < -0.4 is 9.47 Å². The second-order valence-electron chi connectivity index (χ2n) is 12.9. The van der Waals surface area contributed by atoms with Gasteiger partial charge < -0.3 is 9.47 Å². The number of ether oxygens (including phenoxy) is 2. The number of hydrogen-bond acceptors (Lipinski definition) is 6. The number of hydrogen-bond donors (Lipinski definition) is 0. The lowest BCUT2D eigenvalue weighted by molar-refractivity contribution is 0.483. The van der Waals surface area contributed by atoms with Gasteiger partial charge in [-0.1, -0.05) is 54.6 Å². The van der Waals surface area contributed by atoms with Gasteiger partial charge in [-0.2, -0.15) is 0 Å². The Labute approximate surface area is 306 Å². The molecule has 0 saturated carbocycles. The van der Waals surface area contributed by atoms with Gasteiger partial charge >= 0.3 is 0 Å². The standard InChI is InChI=1S/C46H33N5O2/c1-30-10-7-11-31(2)45(30)34-28-49-46(50-29-34)51-43-26-37(52-35-14-8-12-32(24-35)41-16-3-5-22-47-41)18-20-39(43)40-21-19-38(27-44(40)51)53-36-15-9-13-33(25-36)42-17-4-6-23-48-42/h3-29H,1-2H3. The minimum Gasteiger partial charge on any atom is -0.457 e. The summed E-state index contributed by atoms with van der Waals surface area (Å²) in [6, 6.07) is 46.3. The van der Waals surface area contributed by atoms with Crippen LogP contribution in [-0.2, 0) is 0 Å². The molecule has 0 radical (unpaired) electrons. The highest BCUT2D eigenvalue weighted by Crippen LogP contribution is 2.38. The summed E-state index contributed by atoms with van der Waals surface area (Å²) in [6.45, 7) is 4.23. The molecule has 0 aliphatic carbocycles. The summed E-state index contributed by atoms with van der Waals surface area (Å²) in [5.41, 5.74) is 10.0. The molecule has 7 heteroatoms. The molecule has 0 saturated heterocycles. The van der Waals surface area contributed by atoms with Crippen molar-refractivity contribution in [2.45, 2.75) is 13.8 Å². The topological polar surface area (TPSA) is 75.0 Å². The highest BCUT2D eigenvalue weighted by atomic mass is 16.5. The molecule has 9 aromatic rings. The van der Waals surface area contributed by atoms with Crippen molar-refractivity contribution < 1.29 is 9.47 Å². The maximum atomic E-state index is 6.48. The summed E-state index contributed by atoms with van der Waals surface area (Å²) in [5.74, 6) is 3.36. The van der Waals surface area contributed by atoms with Gasteiger partial charge in [-0.15, -0.1) is 0 Å². The minimum absolute atomic E-state index is 0.545. The summed E-state index contributed by atoms with van der Waals surface area (Å²) in [4.78, 5) is 18.9. The molecule has 7 nitrogen and oxygen atoms in total. The SMILES string of the molecule is Cc1cccc(C)c1-c1cnc(-n2c3cc(Oc4cccc(-c5ccccn5)c4)ccc3c3ccc(Oc4cccc(-c5ccccn5)c4)cc32)nc1. The van der Waals surface area contributed by atoms with E-state index in [-0.39, 0.29) is 0 Å². The van der Waals surface area contributed by atoms with E-state index in [1.165, 1.54) is 11.1 Å². The van der Waals surface area contributed by atoms with Gasteiger partial charge in [0, 0.05) is 64.4 Å². The van der Waals surface area contributed by atoms with Gasteiger partial charge in [0.05, 0.1) is 22.4 Å². The van der Waals surface area contributed by atoms with E-state index in [1.54, 1.807) is 12.4 Å². The Hall–Kier alpha value is -7.12. The molecule has 0 bridgehead atoms. The third kappa shape index (κ3) is 6.25. The first-order valence-corrected chi connectivity index (χ1v) is 17.4. The number of rotatable bonds is 8. The van der Waals surface area contributed by atoms with Crippen molar-refractivity contribution in [2.24, 2.45) is 0 Å². The molecule has 0 unspecified atom stereocenters. The molecule has 4 heterocycles. The maximum Gasteiger partial charge on any atom is 0.234 e. The summed E-state index contributed by atoms with van der Waals surface area (Å²) >= 11 is 0. The van der Waals surface area contributed by atoms with Gasteiger partial charge in [0.1, 0.15) is 23.0 Å². The molecule has 0 fully saturated rings. The molecule has 5 aromatic carbocycles. The molecule has 0 atom stereocenters. The van der Waals surface area contributed by atoms with Gasteiger partial charge in [0.25, 0.3) is 0 Å². The van der Waals surface area contributed by atoms with E-state index in [2.05, 4.69) is 58.7 Å². The number of pyridine rings is 2. The molecular weight excluding hydrogens is 655 g/mol. The van der Waals surface area contributed by atoms with Gasteiger partial charge in [-0.25, -0.2) is 9.97 Å². The van der Waals surface area contributed by atoms with E-state index in [1.807, 2.05) is 122 Å².